The van der Waals surface area contributed by atoms with Crippen LogP contribution in [0.25, 0.3) is 0 Å². The molecule has 0 aromatic heterocycles. The number of rotatable bonds is 9. The van der Waals surface area contributed by atoms with E-state index in [4.69, 9.17) is 16.0 Å². The third kappa shape index (κ3) is 6.87. The summed E-state index contributed by atoms with van der Waals surface area (Å²) in [6.07, 6.45) is 3.46. The van der Waals surface area contributed by atoms with E-state index in [0.717, 1.165) is 31.4 Å². The highest BCUT2D eigenvalue weighted by Crippen LogP contribution is 2.11. The van der Waals surface area contributed by atoms with Crippen LogP contribution in [0.15, 0.2) is 30.3 Å². The average Bonchev–Trinajstić information content (AvgIpc) is 2.37. The Morgan fingerprint density at radius 2 is 1.94 bits per heavy atom. The molecule has 17 heavy (non-hydrogen) atoms. The highest BCUT2D eigenvalue weighted by molar-refractivity contribution is 6.51. The van der Waals surface area contributed by atoms with Crippen LogP contribution in [0.2, 0.25) is 6.04 Å². The van der Waals surface area contributed by atoms with Gasteiger partial charge < -0.3 is 4.43 Å². The van der Waals surface area contributed by atoms with E-state index in [0.29, 0.717) is 0 Å². The minimum absolute atomic E-state index is 0.778. The highest BCUT2D eigenvalue weighted by atomic mass is 35.5. The molecule has 1 aromatic rings. The minimum Gasteiger partial charge on any atom is -0.420 e. The Balaban J connectivity index is 2.39. The largest absolute Gasteiger partial charge is 0.420 e. The van der Waals surface area contributed by atoms with E-state index in [9.17, 15) is 0 Å². The van der Waals surface area contributed by atoms with E-state index in [2.05, 4.69) is 37.3 Å². The molecule has 0 spiro atoms. The zero-order chi connectivity index (χ0) is 12.3. The van der Waals surface area contributed by atoms with Gasteiger partial charge in [-0.25, -0.2) is 0 Å². The van der Waals surface area contributed by atoms with Crippen LogP contribution in [0.4, 0.5) is 0 Å². The van der Waals surface area contributed by atoms with Crippen molar-refractivity contribution in [2.75, 3.05) is 12.5 Å². The lowest BCUT2D eigenvalue weighted by Crippen LogP contribution is -2.22. The molecule has 1 atom stereocenters. The summed E-state index contributed by atoms with van der Waals surface area (Å²) in [7, 11) is -1.07. The molecule has 0 saturated heterocycles. The van der Waals surface area contributed by atoms with Gasteiger partial charge in [-0.2, -0.15) is 0 Å². The second-order valence-corrected chi connectivity index (χ2v) is 7.31. The molecule has 1 unspecified atom stereocenters. The van der Waals surface area contributed by atoms with Crippen molar-refractivity contribution in [3.8, 4) is 0 Å². The van der Waals surface area contributed by atoms with Crippen molar-refractivity contribution in [1.82, 2.24) is 0 Å². The summed E-state index contributed by atoms with van der Waals surface area (Å²) in [5, 5.41) is 0. The van der Waals surface area contributed by atoms with Crippen molar-refractivity contribution in [2.24, 2.45) is 0 Å². The lowest BCUT2D eigenvalue weighted by molar-refractivity contribution is 0.316. The molecule has 1 rings (SSSR count). The summed E-state index contributed by atoms with van der Waals surface area (Å²) >= 11 is 5.72. The quantitative estimate of drug-likeness (QED) is 0.375. The monoisotopic (exact) mass is 270 g/mol. The normalized spacial score (nSPS) is 12.6. The number of halogens is 1. The van der Waals surface area contributed by atoms with Gasteiger partial charge in [0, 0.05) is 12.5 Å². The molecule has 0 aliphatic heterocycles. The van der Waals surface area contributed by atoms with Gasteiger partial charge >= 0.3 is 0 Å². The lowest BCUT2D eigenvalue weighted by atomic mass is 10.2. The van der Waals surface area contributed by atoms with Crippen LogP contribution >= 0.6 is 11.6 Å². The number of hydrogen-bond acceptors (Lipinski definition) is 1. The third-order valence-corrected chi connectivity index (χ3v) is 5.73. The van der Waals surface area contributed by atoms with Gasteiger partial charge in [0.2, 0.25) is 0 Å². The van der Waals surface area contributed by atoms with Gasteiger partial charge in [0.15, 0.2) is 9.04 Å². The fraction of sp³-hybridized carbons (Fsp3) is 0.571. The van der Waals surface area contributed by atoms with Gasteiger partial charge in [0.05, 0.1) is 0 Å². The fourth-order valence-corrected chi connectivity index (χ4v) is 4.66. The van der Waals surface area contributed by atoms with Crippen molar-refractivity contribution in [2.45, 2.75) is 38.3 Å². The summed E-state index contributed by atoms with van der Waals surface area (Å²) in [5.41, 5.74) is 1.42. The first-order valence-corrected chi connectivity index (χ1v) is 9.22. The van der Waals surface area contributed by atoms with Crippen LogP contribution in [0.5, 0.6) is 0 Å². The summed E-state index contributed by atoms with van der Waals surface area (Å²) < 4.78 is 6.04. The maximum Gasteiger partial charge on any atom is 0.181 e. The van der Waals surface area contributed by atoms with Crippen molar-refractivity contribution in [1.29, 1.82) is 0 Å². The smallest absolute Gasteiger partial charge is 0.181 e. The van der Waals surface area contributed by atoms with Gasteiger partial charge in [0.1, 0.15) is 0 Å². The Labute approximate surface area is 112 Å². The second-order valence-electron chi connectivity index (χ2n) is 4.37. The maximum absolute atomic E-state index is 6.04. The highest BCUT2D eigenvalue weighted by Gasteiger charge is 2.12. The van der Waals surface area contributed by atoms with Gasteiger partial charge in [-0.05, 0) is 30.5 Å². The van der Waals surface area contributed by atoms with E-state index in [1.807, 2.05) is 0 Å². The predicted octanol–water partition coefficient (Wildman–Crippen LogP) is 3.94. The zero-order valence-corrected chi connectivity index (χ0v) is 12.6. The number of unbranched alkanes of at least 4 members (excludes halogenated alkanes) is 1. The first kappa shape index (κ1) is 14.7. The second kappa shape index (κ2) is 9.69. The van der Waals surface area contributed by atoms with Gasteiger partial charge in [-0.3, -0.25) is 0 Å². The molecule has 0 fully saturated rings. The van der Waals surface area contributed by atoms with Crippen LogP contribution in [0.1, 0.15) is 31.7 Å². The Kier molecular flexibility index (Phi) is 8.41. The summed E-state index contributed by atoms with van der Waals surface area (Å²) in [5.74, 6) is 0.778. The SMILES string of the molecule is CCCO[SiH](CCCCCl)Cc1ccccc1. The Bertz CT molecular complexity index is 279. The number of alkyl halides is 1. The van der Waals surface area contributed by atoms with Gasteiger partial charge in [-0.15, -0.1) is 11.6 Å². The molecular formula is C14H23ClOSi. The molecule has 0 aliphatic carbocycles. The van der Waals surface area contributed by atoms with Crippen molar-refractivity contribution < 1.29 is 4.43 Å². The number of hydrogen-bond donors (Lipinski definition) is 0. The van der Waals surface area contributed by atoms with E-state index in [-0.39, 0.29) is 0 Å². The fourth-order valence-electron chi connectivity index (χ4n) is 1.87. The van der Waals surface area contributed by atoms with E-state index in [1.54, 1.807) is 0 Å². The molecule has 0 amide bonds. The summed E-state index contributed by atoms with van der Waals surface area (Å²) in [6.45, 7) is 3.09. The van der Waals surface area contributed by atoms with Crippen LogP contribution in [-0.2, 0) is 10.5 Å². The van der Waals surface area contributed by atoms with Crippen molar-refractivity contribution >= 4 is 20.6 Å². The Hall–Kier alpha value is -0.313. The third-order valence-electron chi connectivity index (χ3n) is 2.77. The van der Waals surface area contributed by atoms with Crippen LogP contribution in [-0.4, -0.2) is 21.5 Å². The van der Waals surface area contributed by atoms with Crippen LogP contribution < -0.4 is 0 Å². The molecule has 96 valence electrons. The molecule has 0 N–H and O–H groups in total. The van der Waals surface area contributed by atoms with Crippen LogP contribution in [0, 0.1) is 0 Å². The number of benzene rings is 1. The molecule has 0 aliphatic rings. The molecule has 0 radical (unpaired) electrons. The molecule has 0 saturated carbocycles. The zero-order valence-electron chi connectivity index (χ0n) is 10.7. The molecule has 1 aromatic carbocycles. The first-order valence-electron chi connectivity index (χ1n) is 6.58. The van der Waals surface area contributed by atoms with E-state index >= 15 is 0 Å². The molecule has 0 heterocycles. The molecule has 1 nitrogen and oxygen atoms in total. The van der Waals surface area contributed by atoms with Gasteiger partial charge in [-0.1, -0.05) is 43.7 Å². The molecule has 0 bridgehead atoms. The Morgan fingerprint density at radius 3 is 2.59 bits per heavy atom. The first-order chi connectivity index (χ1) is 8.36. The summed E-state index contributed by atoms with van der Waals surface area (Å²) in [6, 6.07) is 13.1. The predicted molar refractivity (Wildman–Crippen MR) is 78.3 cm³/mol. The minimum atomic E-state index is -1.07. The Morgan fingerprint density at radius 1 is 1.18 bits per heavy atom. The molecular weight excluding hydrogens is 248 g/mol. The van der Waals surface area contributed by atoms with Gasteiger partial charge in [0.25, 0.3) is 0 Å². The van der Waals surface area contributed by atoms with Crippen molar-refractivity contribution in [3.05, 3.63) is 35.9 Å². The van der Waals surface area contributed by atoms with E-state index in [1.165, 1.54) is 18.0 Å². The lowest BCUT2D eigenvalue weighted by Gasteiger charge is -2.15. The average molecular weight is 271 g/mol. The van der Waals surface area contributed by atoms with Crippen LogP contribution in [0.3, 0.4) is 0 Å². The topological polar surface area (TPSA) is 9.23 Å². The standard InChI is InChI=1S/C14H23ClOSi/c1-2-11-16-17(12-7-6-10-15)13-14-8-4-3-5-9-14/h3-5,8-9,17H,2,6-7,10-13H2,1H3. The maximum atomic E-state index is 6.04. The van der Waals surface area contributed by atoms with Crippen molar-refractivity contribution in [3.63, 3.8) is 0 Å². The van der Waals surface area contributed by atoms with E-state index < -0.39 is 9.04 Å². The molecule has 3 heteroatoms. The summed E-state index contributed by atoms with van der Waals surface area (Å²) in [4.78, 5) is 0.